The van der Waals surface area contributed by atoms with Crippen LogP contribution in [0, 0.1) is 15.3 Å². The Hall–Kier alpha value is -3.02. The first-order valence-electron chi connectivity index (χ1n) is 6.98. The molecule has 23 heavy (non-hydrogen) atoms. The lowest BCUT2D eigenvalue weighted by atomic mass is 9.93. The molecule has 2 rings (SSSR count). The summed E-state index contributed by atoms with van der Waals surface area (Å²) in [6.07, 6.45) is 1.25. The van der Waals surface area contributed by atoms with Gasteiger partial charge in [-0.15, -0.1) is 0 Å². The Bertz CT molecular complexity index is 750. The van der Waals surface area contributed by atoms with Crippen molar-refractivity contribution in [2.24, 2.45) is 0 Å². The maximum Gasteiger partial charge on any atom is 0.269 e. The Morgan fingerprint density at radius 3 is 2.09 bits per heavy atom. The number of rotatable bonds is 5. The van der Waals surface area contributed by atoms with E-state index < -0.39 is 10.5 Å². The van der Waals surface area contributed by atoms with Crippen LogP contribution in [0.2, 0.25) is 0 Å². The Morgan fingerprint density at radius 2 is 1.57 bits per heavy atom. The van der Waals surface area contributed by atoms with E-state index >= 15 is 0 Å². The second-order valence-electron chi connectivity index (χ2n) is 5.56. The minimum Gasteiger partial charge on any atom is -0.623 e. The number of non-ortho nitro benzene ring substituents is 1. The smallest absolute Gasteiger partial charge is 0.269 e. The Kier molecular flexibility index (Phi) is 4.55. The van der Waals surface area contributed by atoms with Gasteiger partial charge in [-0.1, -0.05) is 30.3 Å². The minimum atomic E-state index is -1.29. The number of ketones is 1. The number of hydrogen-bond donors (Lipinski definition) is 0. The summed E-state index contributed by atoms with van der Waals surface area (Å²) in [5, 5.41) is 23.0. The second-order valence-corrected chi connectivity index (χ2v) is 5.56. The van der Waals surface area contributed by atoms with Gasteiger partial charge < -0.3 is 5.21 Å². The highest BCUT2D eigenvalue weighted by molar-refractivity contribution is 6.02. The van der Waals surface area contributed by atoms with Crippen molar-refractivity contribution in [2.45, 2.75) is 19.4 Å². The van der Waals surface area contributed by atoms with Crippen molar-refractivity contribution in [2.75, 3.05) is 0 Å². The molecular weight excluding hydrogens is 296 g/mol. The van der Waals surface area contributed by atoms with Crippen LogP contribution in [0.5, 0.6) is 0 Å². The van der Waals surface area contributed by atoms with Gasteiger partial charge in [-0.05, 0) is 12.1 Å². The third kappa shape index (κ3) is 3.60. The number of nitrogens with zero attached hydrogens (tertiary/aromatic N) is 2. The van der Waals surface area contributed by atoms with Gasteiger partial charge in [-0.25, -0.2) is 0 Å². The van der Waals surface area contributed by atoms with E-state index in [1.165, 1.54) is 44.3 Å². The van der Waals surface area contributed by atoms with Gasteiger partial charge in [-0.3, -0.25) is 14.9 Å². The molecule has 6 heteroatoms. The van der Waals surface area contributed by atoms with Gasteiger partial charge in [0.1, 0.15) is 0 Å². The van der Waals surface area contributed by atoms with Crippen LogP contribution in [-0.4, -0.2) is 27.2 Å². The third-order valence-corrected chi connectivity index (χ3v) is 3.51. The van der Waals surface area contributed by atoms with Crippen molar-refractivity contribution in [3.8, 4) is 0 Å². The highest BCUT2D eigenvalue weighted by Crippen LogP contribution is 2.17. The number of hydrogen-bond acceptors (Lipinski definition) is 4. The zero-order valence-corrected chi connectivity index (χ0v) is 12.8. The van der Waals surface area contributed by atoms with Gasteiger partial charge in [-0.2, -0.15) is 4.74 Å². The van der Waals surface area contributed by atoms with Crippen molar-refractivity contribution in [3.63, 3.8) is 0 Å². The monoisotopic (exact) mass is 312 g/mol. The molecule has 0 fully saturated rings. The van der Waals surface area contributed by atoms with Crippen LogP contribution < -0.4 is 0 Å². The number of nitro benzene ring substituents is 1. The average molecular weight is 312 g/mol. The normalized spacial score (nSPS) is 12.0. The first kappa shape index (κ1) is 16.4. The molecule has 0 aliphatic heterocycles. The van der Waals surface area contributed by atoms with E-state index in [9.17, 15) is 20.1 Å². The number of nitro groups is 1. The molecule has 0 unspecified atom stereocenters. The van der Waals surface area contributed by atoms with Crippen molar-refractivity contribution in [3.05, 3.63) is 81.0 Å². The van der Waals surface area contributed by atoms with Crippen molar-refractivity contribution < 1.29 is 14.5 Å². The first-order chi connectivity index (χ1) is 10.8. The van der Waals surface area contributed by atoms with E-state index in [1.807, 2.05) is 0 Å². The summed E-state index contributed by atoms with van der Waals surface area (Å²) in [6.45, 7) is 3.08. The largest absolute Gasteiger partial charge is 0.623 e. The average Bonchev–Trinajstić information content (AvgIpc) is 2.55. The number of Topliss-reactive ketones (excluding diaryl/α,β-unsaturated/α-hetero) is 1. The lowest BCUT2D eigenvalue weighted by Gasteiger charge is -2.22. The maximum absolute atomic E-state index is 12.5. The summed E-state index contributed by atoms with van der Waals surface area (Å²) >= 11 is 0. The van der Waals surface area contributed by atoms with Crippen molar-refractivity contribution in [1.29, 1.82) is 0 Å². The van der Waals surface area contributed by atoms with Gasteiger partial charge in [0.25, 0.3) is 5.69 Å². The van der Waals surface area contributed by atoms with Crippen LogP contribution in [0.4, 0.5) is 5.69 Å². The van der Waals surface area contributed by atoms with Gasteiger partial charge in [0.15, 0.2) is 6.21 Å². The summed E-state index contributed by atoms with van der Waals surface area (Å²) in [4.78, 5) is 22.6. The zero-order valence-electron chi connectivity index (χ0n) is 12.8. The molecule has 118 valence electrons. The van der Waals surface area contributed by atoms with Crippen molar-refractivity contribution >= 4 is 17.7 Å². The zero-order chi connectivity index (χ0) is 17.0. The maximum atomic E-state index is 12.5. The van der Waals surface area contributed by atoms with E-state index in [4.69, 9.17) is 0 Å². The summed E-state index contributed by atoms with van der Waals surface area (Å²) in [5.74, 6) is -0.300. The molecule has 0 atom stereocenters. The fourth-order valence-corrected chi connectivity index (χ4v) is 2.02. The molecule has 0 spiro atoms. The highest BCUT2D eigenvalue weighted by atomic mass is 16.6. The molecule has 0 radical (unpaired) electrons. The minimum absolute atomic E-state index is 0.0563. The highest BCUT2D eigenvalue weighted by Gasteiger charge is 2.36. The fourth-order valence-electron chi connectivity index (χ4n) is 2.02. The Labute approximate surface area is 133 Å². The Balaban J connectivity index is 2.28. The van der Waals surface area contributed by atoms with Crippen LogP contribution in [0.15, 0.2) is 54.6 Å². The van der Waals surface area contributed by atoms with Crippen LogP contribution in [0.1, 0.15) is 29.8 Å². The molecule has 6 nitrogen and oxygen atoms in total. The number of hydroxylamine groups is 1. The van der Waals surface area contributed by atoms with E-state index in [0.29, 0.717) is 15.9 Å². The predicted molar refractivity (Wildman–Crippen MR) is 86.7 cm³/mol. The molecule has 0 saturated carbocycles. The molecule has 0 aliphatic carbocycles. The third-order valence-electron chi connectivity index (χ3n) is 3.51. The van der Waals surface area contributed by atoms with Crippen LogP contribution >= 0.6 is 0 Å². The number of benzene rings is 2. The van der Waals surface area contributed by atoms with Gasteiger partial charge in [0.2, 0.25) is 11.3 Å². The molecule has 0 aromatic heterocycles. The molecule has 0 N–H and O–H groups in total. The molecule has 0 amide bonds. The lowest BCUT2D eigenvalue weighted by Crippen LogP contribution is -2.42. The molecular formula is C17H16N2O4. The van der Waals surface area contributed by atoms with Gasteiger partial charge >= 0.3 is 0 Å². The lowest BCUT2D eigenvalue weighted by molar-refractivity contribution is -0.515. The molecule has 0 aliphatic rings. The predicted octanol–water partition coefficient (Wildman–Crippen LogP) is 3.19. The SMILES string of the molecule is CC(C)(C(=O)c1ccccc1)/[N+]([O-])=C/c1ccc([N+](=O)[O-])cc1. The molecule has 0 bridgehead atoms. The number of carbonyl (C=O) groups excluding carboxylic acids is 1. The summed E-state index contributed by atoms with van der Waals surface area (Å²) in [6, 6.07) is 14.1. The van der Waals surface area contributed by atoms with Crippen molar-refractivity contribution in [1.82, 2.24) is 0 Å². The first-order valence-corrected chi connectivity index (χ1v) is 6.98. The van der Waals surface area contributed by atoms with E-state index in [2.05, 4.69) is 0 Å². The fraction of sp³-hybridized carbons (Fsp3) is 0.176. The quantitative estimate of drug-likeness (QED) is 0.212. The van der Waals surface area contributed by atoms with Crippen LogP contribution in [0.3, 0.4) is 0 Å². The molecule has 2 aromatic rings. The summed E-state index contributed by atoms with van der Waals surface area (Å²) in [5.41, 5.74) is -0.405. The second kappa shape index (κ2) is 6.39. The Morgan fingerprint density at radius 1 is 1.00 bits per heavy atom. The summed E-state index contributed by atoms with van der Waals surface area (Å²) < 4.78 is 0.573. The molecule has 0 heterocycles. The van der Waals surface area contributed by atoms with Gasteiger partial charge in [0, 0.05) is 37.1 Å². The van der Waals surface area contributed by atoms with Crippen LogP contribution in [0.25, 0.3) is 0 Å². The summed E-state index contributed by atoms with van der Waals surface area (Å²) in [7, 11) is 0. The molecule has 2 aromatic carbocycles. The van der Waals surface area contributed by atoms with Gasteiger partial charge in [0.05, 0.1) is 4.92 Å². The standard InChI is InChI=1S/C17H16N2O4/c1-17(2,16(20)14-6-4-3-5-7-14)18(21)12-13-8-10-15(11-9-13)19(22)23/h3-12H,1-2H3/b18-12-. The van der Waals surface area contributed by atoms with E-state index in [0.717, 1.165) is 0 Å². The van der Waals surface area contributed by atoms with E-state index in [1.54, 1.807) is 30.3 Å². The van der Waals surface area contributed by atoms with E-state index in [-0.39, 0.29) is 11.5 Å². The van der Waals surface area contributed by atoms with Crippen LogP contribution in [-0.2, 0) is 0 Å². The number of carbonyl (C=O) groups is 1. The molecule has 0 saturated heterocycles. The topological polar surface area (TPSA) is 86.3 Å².